The monoisotopic (exact) mass is 373 g/mol. The fraction of sp³-hybridized carbons (Fsp3) is 0.333. The van der Waals surface area contributed by atoms with Gasteiger partial charge < -0.3 is 9.80 Å². The van der Waals surface area contributed by atoms with Crippen LogP contribution in [0.15, 0.2) is 34.9 Å². The number of aryl methyl sites for hydroxylation is 2. The average Bonchev–Trinajstić information content (AvgIpc) is 2.53. The summed E-state index contributed by atoms with van der Waals surface area (Å²) in [4.78, 5) is 21.1. The summed E-state index contributed by atoms with van der Waals surface area (Å²) in [6.07, 6.45) is 3.66. The van der Waals surface area contributed by atoms with Crippen LogP contribution < -0.4 is 9.80 Å². The number of nitrogens with zero attached hydrogens (tertiary/aromatic N) is 3. The molecular weight excluding hydrogens is 354 g/mol. The minimum atomic E-state index is 0.0224. The first kappa shape index (κ1) is 16.0. The molecule has 0 saturated carbocycles. The van der Waals surface area contributed by atoms with Crippen LogP contribution in [0, 0.1) is 6.92 Å². The molecule has 1 aliphatic rings. The van der Waals surface area contributed by atoms with Crippen molar-refractivity contribution < 1.29 is 4.79 Å². The van der Waals surface area contributed by atoms with E-state index in [0.29, 0.717) is 5.56 Å². The summed E-state index contributed by atoms with van der Waals surface area (Å²) in [5, 5.41) is 0. The molecule has 3 rings (SSSR count). The first-order chi connectivity index (χ1) is 11.0. The van der Waals surface area contributed by atoms with Crippen LogP contribution in [0.1, 0.15) is 27.9 Å². The van der Waals surface area contributed by atoms with E-state index < -0.39 is 0 Å². The highest BCUT2D eigenvalue weighted by Crippen LogP contribution is 2.34. The molecule has 23 heavy (non-hydrogen) atoms. The first-order valence-corrected chi connectivity index (χ1v) is 8.51. The number of rotatable bonds is 2. The molecule has 0 radical (unpaired) electrons. The molecule has 0 fully saturated rings. The predicted molar refractivity (Wildman–Crippen MR) is 97.4 cm³/mol. The predicted octanol–water partition coefficient (Wildman–Crippen LogP) is 3.81. The Bertz CT molecular complexity index is 741. The van der Waals surface area contributed by atoms with Crippen LogP contribution in [-0.2, 0) is 6.42 Å². The van der Waals surface area contributed by atoms with E-state index in [4.69, 9.17) is 0 Å². The fourth-order valence-electron chi connectivity index (χ4n) is 3.06. The molecule has 1 aliphatic heterocycles. The van der Waals surface area contributed by atoms with E-state index in [1.807, 2.05) is 36.0 Å². The van der Waals surface area contributed by atoms with E-state index in [0.717, 1.165) is 40.9 Å². The summed E-state index contributed by atoms with van der Waals surface area (Å²) < 4.78 is 1.07. The lowest BCUT2D eigenvalue weighted by molar-refractivity contribution is 0.0984. The van der Waals surface area contributed by atoms with Crippen LogP contribution in [0.4, 0.5) is 11.5 Å². The Morgan fingerprint density at radius 1 is 1.30 bits per heavy atom. The Labute approximate surface area is 145 Å². The third-order valence-corrected chi connectivity index (χ3v) is 4.60. The van der Waals surface area contributed by atoms with Gasteiger partial charge in [-0.05, 0) is 55.2 Å². The number of benzene rings is 1. The van der Waals surface area contributed by atoms with Gasteiger partial charge in [0.15, 0.2) is 0 Å². The molecule has 0 aliphatic carbocycles. The number of amides is 1. The molecule has 4 nitrogen and oxygen atoms in total. The molecule has 2 heterocycles. The van der Waals surface area contributed by atoms with Crippen LogP contribution in [0.5, 0.6) is 0 Å². The third-order valence-electron chi connectivity index (χ3n) is 4.14. The van der Waals surface area contributed by atoms with Crippen molar-refractivity contribution in [2.45, 2.75) is 19.8 Å². The van der Waals surface area contributed by atoms with Crippen LogP contribution in [-0.4, -0.2) is 31.5 Å². The average molecular weight is 374 g/mol. The van der Waals surface area contributed by atoms with Gasteiger partial charge >= 0.3 is 0 Å². The standard InChI is InChI=1S/C18H20BrN3O/c1-12-9-15(19)10-13-5-4-8-22(17(12)13)18(23)14-6-7-16(20-11-14)21(2)3/h6-7,9-11H,4-5,8H2,1-3H3. The molecule has 0 unspecified atom stereocenters. The molecule has 1 amide bonds. The van der Waals surface area contributed by atoms with Crippen molar-refractivity contribution in [2.24, 2.45) is 0 Å². The Morgan fingerprint density at radius 3 is 2.74 bits per heavy atom. The van der Waals surface area contributed by atoms with Gasteiger partial charge in [0.2, 0.25) is 0 Å². The number of carbonyl (C=O) groups is 1. The number of pyridine rings is 1. The zero-order valence-electron chi connectivity index (χ0n) is 13.6. The van der Waals surface area contributed by atoms with Gasteiger partial charge in [-0.3, -0.25) is 4.79 Å². The molecule has 0 atom stereocenters. The Balaban J connectivity index is 1.95. The van der Waals surface area contributed by atoms with E-state index in [1.54, 1.807) is 6.20 Å². The highest BCUT2D eigenvalue weighted by Gasteiger charge is 2.25. The van der Waals surface area contributed by atoms with Gasteiger partial charge in [-0.2, -0.15) is 0 Å². The smallest absolute Gasteiger partial charge is 0.259 e. The fourth-order valence-corrected chi connectivity index (χ4v) is 3.68. The Hall–Kier alpha value is -1.88. The van der Waals surface area contributed by atoms with Crippen molar-refractivity contribution >= 4 is 33.3 Å². The second-order valence-corrected chi connectivity index (χ2v) is 7.01. The number of carbonyl (C=O) groups excluding carboxylic acids is 1. The van der Waals surface area contributed by atoms with Crippen LogP contribution in [0.3, 0.4) is 0 Å². The Kier molecular flexibility index (Phi) is 4.39. The summed E-state index contributed by atoms with van der Waals surface area (Å²) in [5.74, 6) is 0.870. The van der Waals surface area contributed by atoms with Gasteiger partial charge in [-0.15, -0.1) is 0 Å². The van der Waals surface area contributed by atoms with Gasteiger partial charge in [-0.25, -0.2) is 4.98 Å². The van der Waals surface area contributed by atoms with Crippen molar-refractivity contribution in [2.75, 3.05) is 30.4 Å². The Morgan fingerprint density at radius 2 is 2.09 bits per heavy atom. The molecule has 0 spiro atoms. The number of fused-ring (bicyclic) bond motifs is 1. The van der Waals surface area contributed by atoms with Gasteiger partial charge in [0.25, 0.3) is 5.91 Å². The normalized spacial score (nSPS) is 13.7. The van der Waals surface area contributed by atoms with Crippen molar-refractivity contribution in [3.05, 3.63) is 51.6 Å². The van der Waals surface area contributed by atoms with E-state index in [2.05, 4.69) is 40.0 Å². The van der Waals surface area contributed by atoms with Crippen molar-refractivity contribution in [3.63, 3.8) is 0 Å². The zero-order valence-corrected chi connectivity index (χ0v) is 15.2. The third kappa shape index (κ3) is 3.11. The zero-order chi connectivity index (χ0) is 16.6. The maximum Gasteiger partial charge on any atom is 0.259 e. The summed E-state index contributed by atoms with van der Waals surface area (Å²) >= 11 is 3.55. The minimum absolute atomic E-state index is 0.0224. The van der Waals surface area contributed by atoms with Gasteiger partial charge in [0.05, 0.1) is 11.3 Å². The summed E-state index contributed by atoms with van der Waals surface area (Å²) in [6, 6.07) is 7.92. The molecule has 0 N–H and O–H groups in total. The topological polar surface area (TPSA) is 36.4 Å². The molecule has 1 aromatic carbocycles. The van der Waals surface area contributed by atoms with E-state index in [-0.39, 0.29) is 5.91 Å². The van der Waals surface area contributed by atoms with Gasteiger partial charge in [-0.1, -0.05) is 15.9 Å². The van der Waals surface area contributed by atoms with Crippen LogP contribution in [0.25, 0.3) is 0 Å². The van der Waals surface area contributed by atoms with E-state index >= 15 is 0 Å². The number of halogens is 1. The lowest BCUT2D eigenvalue weighted by Gasteiger charge is -2.31. The van der Waals surface area contributed by atoms with Crippen LogP contribution >= 0.6 is 15.9 Å². The molecule has 120 valence electrons. The molecule has 0 saturated heterocycles. The van der Waals surface area contributed by atoms with Gasteiger partial charge in [0, 0.05) is 31.3 Å². The number of hydrogen-bond donors (Lipinski definition) is 0. The number of aromatic nitrogens is 1. The second kappa shape index (κ2) is 6.32. The molecular formula is C18H20BrN3O. The molecule has 0 bridgehead atoms. The number of hydrogen-bond acceptors (Lipinski definition) is 3. The lowest BCUT2D eigenvalue weighted by Crippen LogP contribution is -2.36. The van der Waals surface area contributed by atoms with E-state index in [1.165, 1.54) is 5.56 Å². The highest BCUT2D eigenvalue weighted by atomic mass is 79.9. The van der Waals surface area contributed by atoms with Gasteiger partial charge in [0.1, 0.15) is 5.82 Å². The minimum Gasteiger partial charge on any atom is -0.363 e. The maximum absolute atomic E-state index is 12.9. The quantitative estimate of drug-likeness (QED) is 0.802. The summed E-state index contributed by atoms with van der Waals surface area (Å²) in [7, 11) is 3.87. The maximum atomic E-state index is 12.9. The van der Waals surface area contributed by atoms with Crippen molar-refractivity contribution in [1.82, 2.24) is 4.98 Å². The summed E-state index contributed by atoms with van der Waals surface area (Å²) in [5.41, 5.74) is 4.04. The van der Waals surface area contributed by atoms with Crippen molar-refractivity contribution in [1.29, 1.82) is 0 Å². The molecule has 2 aromatic rings. The lowest BCUT2D eigenvalue weighted by atomic mass is 9.97. The first-order valence-electron chi connectivity index (χ1n) is 7.71. The number of anilines is 2. The highest BCUT2D eigenvalue weighted by molar-refractivity contribution is 9.10. The SMILES string of the molecule is Cc1cc(Br)cc2c1N(C(=O)c1ccc(N(C)C)nc1)CCC2. The van der Waals surface area contributed by atoms with Crippen LogP contribution in [0.2, 0.25) is 0 Å². The van der Waals surface area contributed by atoms with E-state index in [9.17, 15) is 4.79 Å². The van der Waals surface area contributed by atoms with Crippen molar-refractivity contribution in [3.8, 4) is 0 Å². The summed E-state index contributed by atoms with van der Waals surface area (Å²) in [6.45, 7) is 2.81. The largest absolute Gasteiger partial charge is 0.363 e. The second-order valence-electron chi connectivity index (χ2n) is 6.09. The molecule has 1 aromatic heterocycles. The molecule has 5 heteroatoms.